The van der Waals surface area contributed by atoms with Crippen LogP contribution in [0.15, 0.2) is 23.1 Å². The molecule has 1 saturated heterocycles. The Bertz CT molecular complexity index is 819. The first kappa shape index (κ1) is 22.9. The van der Waals surface area contributed by atoms with E-state index in [2.05, 4.69) is 5.32 Å². The van der Waals surface area contributed by atoms with E-state index in [1.165, 1.54) is 43.9 Å². The van der Waals surface area contributed by atoms with Crippen LogP contribution in [0.1, 0.15) is 51.4 Å². The minimum Gasteiger partial charge on any atom is -0.497 e. The van der Waals surface area contributed by atoms with Crippen LogP contribution in [0.2, 0.25) is 0 Å². The van der Waals surface area contributed by atoms with E-state index in [9.17, 15) is 13.2 Å². The molecule has 2 aliphatic rings. The van der Waals surface area contributed by atoms with Crippen LogP contribution in [-0.2, 0) is 14.8 Å². The highest BCUT2D eigenvalue weighted by molar-refractivity contribution is 7.89. The molecule has 8 heteroatoms. The lowest BCUT2D eigenvalue weighted by Crippen LogP contribution is -2.36. The van der Waals surface area contributed by atoms with E-state index in [0.717, 1.165) is 32.1 Å². The van der Waals surface area contributed by atoms with E-state index in [1.54, 1.807) is 12.1 Å². The van der Waals surface area contributed by atoms with Crippen LogP contribution in [0, 0.1) is 11.8 Å². The normalized spacial score (nSPS) is 21.6. The summed E-state index contributed by atoms with van der Waals surface area (Å²) in [6.45, 7) is 1.38. The maximum Gasteiger partial charge on any atom is 0.246 e. The minimum atomic E-state index is -3.67. The molecule has 1 aliphatic heterocycles. The molecule has 1 N–H and O–H groups in total. The van der Waals surface area contributed by atoms with Gasteiger partial charge in [0.1, 0.15) is 16.4 Å². The van der Waals surface area contributed by atoms with Gasteiger partial charge in [0.05, 0.1) is 14.2 Å². The predicted octanol–water partition coefficient (Wildman–Crippen LogP) is 3.19. The van der Waals surface area contributed by atoms with Crippen LogP contribution in [0.4, 0.5) is 0 Å². The van der Waals surface area contributed by atoms with Crippen molar-refractivity contribution in [1.82, 2.24) is 9.62 Å². The molecule has 0 bridgehead atoms. The van der Waals surface area contributed by atoms with Crippen molar-refractivity contribution in [2.45, 2.75) is 56.3 Å². The van der Waals surface area contributed by atoms with Crippen LogP contribution in [0.25, 0.3) is 0 Å². The van der Waals surface area contributed by atoms with Gasteiger partial charge in [0.25, 0.3) is 0 Å². The summed E-state index contributed by atoms with van der Waals surface area (Å²) < 4.78 is 38.2. The average molecular weight is 439 g/mol. The first-order valence-corrected chi connectivity index (χ1v) is 12.4. The van der Waals surface area contributed by atoms with Gasteiger partial charge in [0.2, 0.25) is 15.9 Å². The Morgan fingerprint density at radius 2 is 1.77 bits per heavy atom. The van der Waals surface area contributed by atoms with E-state index in [-0.39, 0.29) is 28.4 Å². The molecule has 3 rings (SSSR count). The summed E-state index contributed by atoms with van der Waals surface area (Å²) in [5.74, 6) is 1.18. The SMILES string of the molecule is COc1ccc(S(=O)(=O)N2CCC(CNC(=O)C3CCCCCCC3)C2)c(OC)c1. The fourth-order valence-electron chi connectivity index (χ4n) is 4.42. The van der Waals surface area contributed by atoms with Crippen LogP contribution in [0.5, 0.6) is 11.5 Å². The second-order valence-corrected chi connectivity index (χ2v) is 10.2. The zero-order chi connectivity index (χ0) is 21.6. The lowest BCUT2D eigenvalue weighted by molar-refractivity contribution is -0.125. The van der Waals surface area contributed by atoms with E-state index in [1.807, 2.05) is 0 Å². The molecular formula is C22H34N2O5S. The van der Waals surface area contributed by atoms with Crippen molar-refractivity contribution in [1.29, 1.82) is 0 Å². The quantitative estimate of drug-likeness (QED) is 0.707. The van der Waals surface area contributed by atoms with Crippen molar-refractivity contribution in [3.63, 3.8) is 0 Å². The summed E-state index contributed by atoms with van der Waals surface area (Å²) in [6, 6.07) is 4.73. The van der Waals surface area contributed by atoms with Gasteiger partial charge < -0.3 is 14.8 Å². The Balaban J connectivity index is 1.57. The highest BCUT2D eigenvalue weighted by Crippen LogP contribution is 2.33. The van der Waals surface area contributed by atoms with Crippen LogP contribution in [0.3, 0.4) is 0 Å². The summed E-state index contributed by atoms with van der Waals surface area (Å²) in [7, 11) is -0.690. The maximum atomic E-state index is 13.1. The molecule has 1 amide bonds. The summed E-state index contributed by atoms with van der Waals surface area (Å²) >= 11 is 0. The van der Waals surface area contributed by atoms with Crippen LogP contribution >= 0.6 is 0 Å². The number of hydrogen-bond acceptors (Lipinski definition) is 5. The van der Waals surface area contributed by atoms with Crippen molar-refractivity contribution in [2.75, 3.05) is 33.9 Å². The van der Waals surface area contributed by atoms with Gasteiger partial charge in [-0.3, -0.25) is 4.79 Å². The van der Waals surface area contributed by atoms with Crippen LogP contribution in [-0.4, -0.2) is 52.5 Å². The third-order valence-electron chi connectivity index (χ3n) is 6.28. The summed E-state index contributed by atoms with van der Waals surface area (Å²) in [4.78, 5) is 12.7. The van der Waals surface area contributed by atoms with Gasteiger partial charge in [-0.25, -0.2) is 8.42 Å². The Morgan fingerprint density at radius 3 is 2.43 bits per heavy atom. The summed E-state index contributed by atoms with van der Waals surface area (Å²) in [6.07, 6.45) is 8.63. The van der Waals surface area contributed by atoms with Gasteiger partial charge in [-0.1, -0.05) is 32.1 Å². The van der Waals surface area contributed by atoms with Gasteiger partial charge in [-0.2, -0.15) is 4.31 Å². The highest BCUT2D eigenvalue weighted by atomic mass is 32.2. The second-order valence-electron chi connectivity index (χ2n) is 8.32. The molecule has 1 heterocycles. The van der Waals surface area contributed by atoms with Gasteiger partial charge in [-0.15, -0.1) is 0 Å². The summed E-state index contributed by atoms with van der Waals surface area (Å²) in [5, 5.41) is 3.09. The number of rotatable bonds is 7. The number of carbonyl (C=O) groups excluding carboxylic acids is 1. The van der Waals surface area contributed by atoms with Crippen molar-refractivity contribution in [3.8, 4) is 11.5 Å². The van der Waals surface area contributed by atoms with Gasteiger partial charge in [0, 0.05) is 31.6 Å². The van der Waals surface area contributed by atoms with Crippen molar-refractivity contribution in [2.24, 2.45) is 11.8 Å². The van der Waals surface area contributed by atoms with E-state index >= 15 is 0 Å². The molecule has 1 aliphatic carbocycles. The smallest absolute Gasteiger partial charge is 0.246 e. The second kappa shape index (κ2) is 10.5. The molecule has 1 aromatic rings. The number of hydrogen-bond donors (Lipinski definition) is 1. The molecule has 0 aromatic heterocycles. The molecule has 0 spiro atoms. The van der Waals surface area contributed by atoms with E-state index in [4.69, 9.17) is 9.47 Å². The fraction of sp³-hybridized carbons (Fsp3) is 0.682. The molecule has 7 nitrogen and oxygen atoms in total. The molecule has 168 valence electrons. The molecule has 2 fully saturated rings. The largest absolute Gasteiger partial charge is 0.497 e. The summed E-state index contributed by atoms with van der Waals surface area (Å²) in [5.41, 5.74) is 0. The number of benzene rings is 1. The van der Waals surface area contributed by atoms with E-state index < -0.39 is 10.0 Å². The third kappa shape index (κ3) is 5.46. The standard InChI is InChI=1S/C22H34N2O5S/c1-28-19-10-11-21(20(14-19)29-2)30(26,27)24-13-12-17(16-24)15-23-22(25)18-8-6-4-3-5-7-9-18/h10-11,14,17-18H,3-9,12-13,15-16H2,1-2H3,(H,23,25). The highest BCUT2D eigenvalue weighted by Gasteiger charge is 2.34. The monoisotopic (exact) mass is 438 g/mol. The number of nitrogens with zero attached hydrogens (tertiary/aromatic N) is 1. The molecule has 1 unspecified atom stereocenters. The maximum absolute atomic E-state index is 13.1. The van der Waals surface area contributed by atoms with E-state index in [0.29, 0.717) is 25.4 Å². The predicted molar refractivity (Wildman–Crippen MR) is 115 cm³/mol. The molecule has 1 saturated carbocycles. The molecule has 1 atom stereocenters. The molecular weight excluding hydrogens is 404 g/mol. The van der Waals surface area contributed by atoms with Crippen molar-refractivity contribution in [3.05, 3.63) is 18.2 Å². The molecule has 0 radical (unpaired) electrons. The Morgan fingerprint density at radius 1 is 1.07 bits per heavy atom. The molecule has 1 aromatic carbocycles. The number of ether oxygens (including phenoxy) is 2. The first-order chi connectivity index (χ1) is 14.5. The number of carbonyl (C=O) groups is 1. The van der Waals surface area contributed by atoms with Gasteiger partial charge >= 0.3 is 0 Å². The Hall–Kier alpha value is -1.80. The lowest BCUT2D eigenvalue weighted by Gasteiger charge is -2.21. The zero-order valence-electron chi connectivity index (χ0n) is 18.1. The molecule has 30 heavy (non-hydrogen) atoms. The number of sulfonamides is 1. The van der Waals surface area contributed by atoms with Gasteiger partial charge in [0.15, 0.2) is 0 Å². The lowest BCUT2D eigenvalue weighted by atomic mass is 9.90. The minimum absolute atomic E-state index is 0.107. The Kier molecular flexibility index (Phi) is 7.99. The zero-order valence-corrected chi connectivity index (χ0v) is 18.9. The Labute approximate surface area is 180 Å². The average Bonchev–Trinajstić information content (AvgIpc) is 3.21. The first-order valence-electron chi connectivity index (χ1n) is 11.0. The van der Waals surface area contributed by atoms with Crippen molar-refractivity contribution >= 4 is 15.9 Å². The topological polar surface area (TPSA) is 84.9 Å². The number of methoxy groups -OCH3 is 2. The number of amides is 1. The third-order valence-corrected chi connectivity index (χ3v) is 8.18. The van der Waals surface area contributed by atoms with Gasteiger partial charge in [-0.05, 0) is 37.3 Å². The van der Waals surface area contributed by atoms with Crippen LogP contribution < -0.4 is 14.8 Å². The fourth-order valence-corrected chi connectivity index (χ4v) is 6.08. The van der Waals surface area contributed by atoms with Crippen molar-refractivity contribution < 1.29 is 22.7 Å². The number of nitrogens with one attached hydrogen (secondary N) is 1.